The maximum Gasteiger partial charge on any atom is 0.248 e. The van der Waals surface area contributed by atoms with Gasteiger partial charge in [0.25, 0.3) is 0 Å². The van der Waals surface area contributed by atoms with E-state index >= 15 is 0 Å². The Labute approximate surface area is 136 Å². The number of rotatable bonds is 1. The quantitative estimate of drug-likeness (QED) is 0.817. The first-order valence-electron chi connectivity index (χ1n) is 7.32. The number of amides is 1. The first-order chi connectivity index (χ1) is 11.1. The Bertz CT molecular complexity index is 804. The number of hydrogen-bond donors (Lipinski definition) is 1. The first-order valence-corrected chi connectivity index (χ1v) is 8.63. The molecule has 0 aliphatic carbocycles. The van der Waals surface area contributed by atoms with Crippen LogP contribution in [0.15, 0.2) is 58.5 Å². The lowest BCUT2D eigenvalue weighted by atomic mass is 9.93. The molecule has 2 atom stereocenters. The molecule has 0 spiro atoms. The van der Waals surface area contributed by atoms with E-state index in [-0.39, 0.29) is 17.6 Å². The highest BCUT2D eigenvalue weighted by Gasteiger charge is 2.40. The van der Waals surface area contributed by atoms with Crippen LogP contribution in [-0.4, -0.2) is 27.0 Å². The second-order valence-electron chi connectivity index (χ2n) is 5.62. The molecule has 1 amide bonds. The summed E-state index contributed by atoms with van der Waals surface area (Å²) >= 11 is -1.09. The molecule has 0 saturated carbocycles. The molecule has 5 nitrogen and oxygen atoms in total. The maximum absolute atomic E-state index is 12.4. The molecule has 23 heavy (non-hydrogen) atoms. The highest BCUT2D eigenvalue weighted by molar-refractivity contribution is 7.91. The number of hydrazone groups is 1. The van der Waals surface area contributed by atoms with Crippen molar-refractivity contribution in [1.82, 2.24) is 0 Å². The van der Waals surface area contributed by atoms with E-state index in [4.69, 9.17) is 0 Å². The molecule has 0 radical (unpaired) electrons. The minimum absolute atomic E-state index is 0.105. The molecule has 2 unspecified atom stereocenters. The number of carbonyl (C=O) groups excluding carboxylic acids is 1. The van der Waals surface area contributed by atoms with E-state index in [0.717, 1.165) is 16.2 Å². The first kappa shape index (κ1) is 14.3. The summed E-state index contributed by atoms with van der Waals surface area (Å²) < 4.78 is 12.3. The molecule has 0 bridgehead atoms. The van der Waals surface area contributed by atoms with Crippen LogP contribution in [0.1, 0.15) is 12.0 Å². The number of hydrogen-bond acceptors (Lipinski definition) is 4. The highest BCUT2D eigenvalue weighted by atomic mass is 32.2. The standard InChI is InChI=1S/C17H14N2O3S/c20-13-7-5-12(6-8-13)19-16(21)9-11-10-23(22)15-4-2-1-3-14(15)17(11)18-19/h1-8,11,20H,9-10H2. The summed E-state index contributed by atoms with van der Waals surface area (Å²) in [6.07, 6.45) is 0.291. The van der Waals surface area contributed by atoms with Crippen LogP contribution < -0.4 is 5.01 Å². The van der Waals surface area contributed by atoms with Crippen molar-refractivity contribution in [2.24, 2.45) is 11.0 Å². The summed E-state index contributed by atoms with van der Waals surface area (Å²) in [6.45, 7) is 0. The zero-order valence-electron chi connectivity index (χ0n) is 12.2. The van der Waals surface area contributed by atoms with Crippen molar-refractivity contribution in [1.29, 1.82) is 0 Å². The van der Waals surface area contributed by atoms with Crippen LogP contribution in [0, 0.1) is 5.92 Å². The second kappa shape index (κ2) is 5.40. The normalized spacial score (nSPS) is 23.1. The molecule has 2 heterocycles. The number of aromatic hydroxyl groups is 1. The van der Waals surface area contributed by atoms with Gasteiger partial charge >= 0.3 is 0 Å². The van der Waals surface area contributed by atoms with E-state index in [2.05, 4.69) is 5.10 Å². The second-order valence-corrected chi connectivity index (χ2v) is 7.08. The molecule has 116 valence electrons. The summed E-state index contributed by atoms with van der Waals surface area (Å²) in [5.74, 6) is 0.347. The summed E-state index contributed by atoms with van der Waals surface area (Å²) in [7, 11) is 0. The van der Waals surface area contributed by atoms with Crippen molar-refractivity contribution in [2.45, 2.75) is 11.3 Å². The number of nitrogens with zero attached hydrogens (tertiary/aromatic N) is 2. The van der Waals surface area contributed by atoms with Gasteiger partial charge in [0.15, 0.2) is 4.90 Å². The van der Waals surface area contributed by atoms with Gasteiger partial charge in [0.1, 0.15) is 11.5 Å². The number of carbonyl (C=O) groups is 1. The van der Waals surface area contributed by atoms with Crippen LogP contribution in [0.4, 0.5) is 5.69 Å². The lowest BCUT2D eigenvalue weighted by Gasteiger charge is -2.33. The van der Waals surface area contributed by atoms with E-state index in [0.29, 0.717) is 17.9 Å². The molecule has 2 aliphatic heterocycles. The van der Waals surface area contributed by atoms with Gasteiger partial charge in [-0.05, 0) is 47.6 Å². The van der Waals surface area contributed by atoms with Crippen LogP contribution in [-0.2, 0) is 16.0 Å². The van der Waals surface area contributed by atoms with Crippen molar-refractivity contribution in [3.8, 4) is 5.75 Å². The van der Waals surface area contributed by atoms with Crippen LogP contribution >= 0.6 is 0 Å². The Hall–Kier alpha value is -2.31. The van der Waals surface area contributed by atoms with E-state index in [1.165, 1.54) is 17.1 Å². The molecular weight excluding hydrogens is 312 g/mol. The van der Waals surface area contributed by atoms with Crippen LogP contribution in [0.3, 0.4) is 0 Å². The SMILES string of the molecule is O=C1CC2C[S+]([O-])c3ccccc3C2=NN1c1ccc(O)cc1. The smallest absolute Gasteiger partial charge is 0.248 e. The van der Waals surface area contributed by atoms with Gasteiger partial charge in [-0.1, -0.05) is 12.1 Å². The van der Waals surface area contributed by atoms with Crippen molar-refractivity contribution >= 4 is 28.5 Å². The fraction of sp³-hybridized carbons (Fsp3) is 0.176. The average Bonchev–Trinajstić information content (AvgIpc) is 2.56. The molecule has 0 fully saturated rings. The van der Waals surface area contributed by atoms with Crippen LogP contribution in [0.2, 0.25) is 0 Å². The summed E-state index contributed by atoms with van der Waals surface area (Å²) in [5, 5.41) is 15.3. The van der Waals surface area contributed by atoms with Gasteiger partial charge in [-0.3, -0.25) is 4.79 Å². The zero-order valence-corrected chi connectivity index (χ0v) is 13.0. The fourth-order valence-electron chi connectivity index (χ4n) is 3.00. The Balaban J connectivity index is 1.81. The predicted octanol–water partition coefficient (Wildman–Crippen LogP) is 2.27. The highest BCUT2D eigenvalue weighted by Crippen LogP contribution is 2.34. The van der Waals surface area contributed by atoms with Gasteiger partial charge in [-0.15, -0.1) is 0 Å². The largest absolute Gasteiger partial charge is 0.611 e. The Kier molecular flexibility index (Phi) is 3.36. The van der Waals surface area contributed by atoms with E-state index in [1.54, 1.807) is 12.1 Å². The lowest BCUT2D eigenvalue weighted by molar-refractivity contribution is -0.119. The van der Waals surface area contributed by atoms with Gasteiger partial charge in [-0.2, -0.15) is 5.10 Å². The third-order valence-corrected chi connectivity index (χ3v) is 5.66. The molecule has 6 heteroatoms. The van der Waals surface area contributed by atoms with Gasteiger partial charge in [0, 0.05) is 6.42 Å². The zero-order chi connectivity index (χ0) is 16.0. The van der Waals surface area contributed by atoms with E-state index in [1.807, 2.05) is 24.3 Å². The predicted molar refractivity (Wildman–Crippen MR) is 88.0 cm³/mol. The van der Waals surface area contributed by atoms with Crippen molar-refractivity contribution in [3.05, 3.63) is 54.1 Å². The number of phenols is 1. The van der Waals surface area contributed by atoms with Crippen molar-refractivity contribution < 1.29 is 14.5 Å². The lowest BCUT2D eigenvalue weighted by Crippen LogP contribution is -2.42. The molecular formula is C17H14N2O3S. The van der Waals surface area contributed by atoms with Crippen molar-refractivity contribution in [2.75, 3.05) is 10.8 Å². The number of anilines is 1. The molecule has 0 aromatic heterocycles. The van der Waals surface area contributed by atoms with E-state index < -0.39 is 11.2 Å². The number of benzene rings is 2. The van der Waals surface area contributed by atoms with Gasteiger partial charge < -0.3 is 9.66 Å². The van der Waals surface area contributed by atoms with Gasteiger partial charge in [0.2, 0.25) is 5.91 Å². The third-order valence-electron chi connectivity index (χ3n) is 4.11. The number of phenolic OH excluding ortho intramolecular Hbond substituents is 1. The minimum Gasteiger partial charge on any atom is -0.611 e. The molecule has 0 saturated heterocycles. The Morgan fingerprint density at radius 2 is 1.91 bits per heavy atom. The molecule has 1 N–H and O–H groups in total. The van der Waals surface area contributed by atoms with Crippen LogP contribution in [0.5, 0.6) is 5.75 Å². The number of fused-ring (bicyclic) bond motifs is 3. The van der Waals surface area contributed by atoms with Gasteiger partial charge in [0.05, 0.1) is 22.9 Å². The molecule has 4 rings (SSSR count). The van der Waals surface area contributed by atoms with Crippen molar-refractivity contribution in [3.63, 3.8) is 0 Å². The molecule has 2 aliphatic rings. The summed E-state index contributed by atoms with van der Waals surface area (Å²) in [5.41, 5.74) is 2.29. The average molecular weight is 326 g/mol. The fourth-order valence-corrected chi connectivity index (χ4v) is 4.46. The molecule has 2 aromatic rings. The third kappa shape index (κ3) is 2.40. The van der Waals surface area contributed by atoms with Crippen LogP contribution in [0.25, 0.3) is 0 Å². The Morgan fingerprint density at radius 1 is 1.17 bits per heavy atom. The summed E-state index contributed by atoms with van der Waals surface area (Å²) in [4.78, 5) is 13.2. The summed E-state index contributed by atoms with van der Waals surface area (Å²) in [6, 6.07) is 13.9. The monoisotopic (exact) mass is 326 g/mol. The maximum atomic E-state index is 12.4. The van der Waals surface area contributed by atoms with E-state index in [9.17, 15) is 14.5 Å². The minimum atomic E-state index is -1.09. The topological polar surface area (TPSA) is 76.0 Å². The molecule has 2 aromatic carbocycles. The Morgan fingerprint density at radius 3 is 2.70 bits per heavy atom. The van der Waals surface area contributed by atoms with Gasteiger partial charge in [-0.25, -0.2) is 5.01 Å².